The van der Waals surface area contributed by atoms with Crippen molar-refractivity contribution in [3.05, 3.63) is 48.5 Å². The summed E-state index contributed by atoms with van der Waals surface area (Å²) in [5, 5.41) is 3.09. The van der Waals surface area contributed by atoms with Gasteiger partial charge in [-0.2, -0.15) is 0 Å². The number of carbonyl (C=O) groups excluding carboxylic acids is 1. The molecule has 22 heavy (non-hydrogen) atoms. The van der Waals surface area contributed by atoms with Crippen molar-refractivity contribution in [2.75, 3.05) is 12.4 Å². The molecular formula is C17H20N2O3. The molecule has 0 fully saturated rings. The molecule has 1 atom stereocenters. The summed E-state index contributed by atoms with van der Waals surface area (Å²) in [4.78, 5) is 11.2. The highest BCUT2D eigenvalue weighted by atomic mass is 16.5. The van der Waals surface area contributed by atoms with Gasteiger partial charge in [0.1, 0.15) is 11.8 Å². The summed E-state index contributed by atoms with van der Waals surface area (Å²) in [6.07, 6.45) is 0.634. The van der Waals surface area contributed by atoms with E-state index in [-0.39, 0.29) is 11.9 Å². The van der Waals surface area contributed by atoms with Crippen molar-refractivity contribution in [2.45, 2.75) is 19.4 Å². The summed E-state index contributed by atoms with van der Waals surface area (Å²) in [6.45, 7) is 1.90. The lowest BCUT2D eigenvalue weighted by molar-refractivity contribution is -0.118. The number of benzene rings is 2. The number of hydrogen-bond donors (Lipinski definition) is 2. The molecule has 5 nitrogen and oxygen atoms in total. The van der Waals surface area contributed by atoms with Crippen LogP contribution < -0.4 is 20.5 Å². The van der Waals surface area contributed by atoms with Crippen LogP contribution in [0.1, 0.15) is 13.3 Å². The van der Waals surface area contributed by atoms with Crippen LogP contribution in [-0.2, 0) is 4.79 Å². The summed E-state index contributed by atoms with van der Waals surface area (Å²) >= 11 is 0. The molecule has 1 amide bonds. The molecule has 0 spiro atoms. The lowest BCUT2D eigenvalue weighted by Crippen LogP contribution is -2.34. The van der Waals surface area contributed by atoms with Gasteiger partial charge in [0.2, 0.25) is 5.91 Å². The van der Waals surface area contributed by atoms with Gasteiger partial charge in [0, 0.05) is 5.69 Å². The lowest BCUT2D eigenvalue weighted by atomic mass is 10.2. The average Bonchev–Trinajstić information content (AvgIpc) is 2.54. The fourth-order valence-electron chi connectivity index (χ4n) is 2.02. The zero-order chi connectivity index (χ0) is 15.9. The largest absolute Gasteiger partial charge is 0.493 e. The Labute approximate surface area is 130 Å². The number of nitrogens with two attached hydrogens (primary N) is 1. The van der Waals surface area contributed by atoms with Gasteiger partial charge >= 0.3 is 0 Å². The molecule has 5 heteroatoms. The minimum absolute atomic E-state index is 0.364. The number of carbonyl (C=O) groups is 1. The van der Waals surface area contributed by atoms with E-state index in [4.69, 9.17) is 15.2 Å². The van der Waals surface area contributed by atoms with Gasteiger partial charge in [0.25, 0.3) is 0 Å². The summed E-state index contributed by atoms with van der Waals surface area (Å²) in [7, 11) is 1.60. The number of nitrogens with one attached hydrogen (secondary N) is 1. The van der Waals surface area contributed by atoms with Crippen LogP contribution in [0.2, 0.25) is 0 Å². The number of hydrogen-bond acceptors (Lipinski definition) is 4. The molecule has 0 bridgehead atoms. The van der Waals surface area contributed by atoms with E-state index < -0.39 is 0 Å². The van der Waals surface area contributed by atoms with Crippen LogP contribution in [0.4, 0.5) is 5.69 Å². The van der Waals surface area contributed by atoms with E-state index in [0.29, 0.717) is 23.7 Å². The van der Waals surface area contributed by atoms with Crippen LogP contribution in [0.25, 0.3) is 0 Å². The van der Waals surface area contributed by atoms with Crippen LogP contribution >= 0.6 is 0 Å². The van der Waals surface area contributed by atoms with Gasteiger partial charge in [-0.3, -0.25) is 4.79 Å². The van der Waals surface area contributed by atoms with Crippen LogP contribution in [0.15, 0.2) is 48.5 Å². The topological polar surface area (TPSA) is 73.6 Å². The Morgan fingerprint density at radius 1 is 1.14 bits per heavy atom. The molecule has 0 aliphatic carbocycles. The SMILES string of the molecule is CCC(Nc1ccc(Oc2ccccc2OC)cc1)C(N)=O. The fourth-order valence-corrected chi connectivity index (χ4v) is 2.02. The minimum atomic E-state index is -0.374. The number of ether oxygens (including phenoxy) is 2. The molecule has 0 saturated carbocycles. The zero-order valence-corrected chi connectivity index (χ0v) is 12.7. The van der Waals surface area contributed by atoms with Crippen molar-refractivity contribution in [1.29, 1.82) is 0 Å². The van der Waals surface area contributed by atoms with Gasteiger partial charge < -0.3 is 20.5 Å². The Bertz CT molecular complexity index is 626. The van der Waals surface area contributed by atoms with Crippen molar-refractivity contribution in [2.24, 2.45) is 5.73 Å². The van der Waals surface area contributed by atoms with Crippen molar-refractivity contribution in [1.82, 2.24) is 0 Å². The predicted octanol–water partition coefficient (Wildman–Crippen LogP) is 3.16. The zero-order valence-electron chi connectivity index (χ0n) is 12.7. The van der Waals surface area contributed by atoms with Crippen LogP contribution in [-0.4, -0.2) is 19.1 Å². The maximum atomic E-state index is 11.2. The first-order chi connectivity index (χ1) is 10.6. The maximum absolute atomic E-state index is 11.2. The fraction of sp³-hybridized carbons (Fsp3) is 0.235. The molecule has 3 N–H and O–H groups in total. The molecule has 0 aliphatic rings. The number of rotatable bonds is 7. The normalized spacial score (nSPS) is 11.5. The van der Waals surface area contributed by atoms with E-state index in [0.717, 1.165) is 5.69 Å². The minimum Gasteiger partial charge on any atom is -0.493 e. The summed E-state index contributed by atoms with van der Waals surface area (Å²) in [5.74, 6) is 1.64. The second-order valence-electron chi connectivity index (χ2n) is 4.78. The summed E-state index contributed by atoms with van der Waals surface area (Å²) in [5.41, 5.74) is 6.14. The highest BCUT2D eigenvalue weighted by Gasteiger charge is 2.12. The van der Waals surface area contributed by atoms with Gasteiger partial charge in [-0.15, -0.1) is 0 Å². The van der Waals surface area contributed by atoms with Crippen LogP contribution in [0.5, 0.6) is 17.2 Å². The van der Waals surface area contributed by atoms with E-state index in [1.807, 2.05) is 55.5 Å². The van der Waals surface area contributed by atoms with E-state index in [2.05, 4.69) is 5.32 Å². The Morgan fingerprint density at radius 3 is 2.32 bits per heavy atom. The third kappa shape index (κ3) is 3.91. The van der Waals surface area contributed by atoms with Crippen LogP contribution in [0, 0.1) is 0 Å². The van der Waals surface area contributed by atoms with E-state index in [1.165, 1.54) is 0 Å². The van der Waals surface area contributed by atoms with Crippen molar-refractivity contribution < 1.29 is 14.3 Å². The van der Waals surface area contributed by atoms with Gasteiger partial charge in [0.15, 0.2) is 11.5 Å². The Morgan fingerprint density at radius 2 is 1.77 bits per heavy atom. The maximum Gasteiger partial charge on any atom is 0.239 e. The molecule has 1 unspecified atom stereocenters. The Kier molecular flexibility index (Phi) is 5.25. The smallest absolute Gasteiger partial charge is 0.239 e. The Balaban J connectivity index is 2.07. The molecule has 0 aliphatic heterocycles. The van der Waals surface area contributed by atoms with Gasteiger partial charge in [0.05, 0.1) is 7.11 Å². The average molecular weight is 300 g/mol. The van der Waals surface area contributed by atoms with Crippen LogP contribution in [0.3, 0.4) is 0 Å². The standard InChI is InChI=1S/C17H20N2O3/c1-3-14(17(18)20)19-12-8-10-13(11-9-12)22-16-7-5-4-6-15(16)21-2/h4-11,14,19H,3H2,1-2H3,(H2,18,20). The molecule has 0 heterocycles. The molecule has 0 radical (unpaired) electrons. The first kappa shape index (κ1) is 15.7. The van der Waals surface area contributed by atoms with Crippen molar-refractivity contribution in [3.63, 3.8) is 0 Å². The molecule has 2 aromatic carbocycles. The highest BCUT2D eigenvalue weighted by molar-refractivity contribution is 5.82. The lowest BCUT2D eigenvalue weighted by Gasteiger charge is -2.15. The first-order valence-corrected chi connectivity index (χ1v) is 7.10. The molecule has 0 aromatic heterocycles. The quantitative estimate of drug-likeness (QED) is 0.823. The summed E-state index contributed by atoms with van der Waals surface area (Å²) < 4.78 is 11.0. The van der Waals surface area contributed by atoms with E-state index in [9.17, 15) is 4.79 Å². The number of para-hydroxylation sites is 2. The Hall–Kier alpha value is -2.69. The third-order valence-electron chi connectivity index (χ3n) is 3.24. The number of primary amides is 1. The number of methoxy groups -OCH3 is 1. The molecule has 116 valence electrons. The highest BCUT2D eigenvalue weighted by Crippen LogP contribution is 2.31. The molecule has 2 aromatic rings. The predicted molar refractivity (Wildman–Crippen MR) is 86.4 cm³/mol. The van der Waals surface area contributed by atoms with Gasteiger partial charge in [-0.25, -0.2) is 0 Å². The van der Waals surface area contributed by atoms with Crippen molar-refractivity contribution in [3.8, 4) is 17.2 Å². The second kappa shape index (κ2) is 7.36. The van der Waals surface area contributed by atoms with Gasteiger partial charge in [-0.05, 0) is 42.8 Å². The first-order valence-electron chi connectivity index (χ1n) is 7.10. The summed E-state index contributed by atoms with van der Waals surface area (Å²) in [6, 6.07) is 14.4. The third-order valence-corrected chi connectivity index (χ3v) is 3.24. The monoisotopic (exact) mass is 300 g/mol. The van der Waals surface area contributed by atoms with E-state index in [1.54, 1.807) is 7.11 Å². The number of anilines is 1. The van der Waals surface area contributed by atoms with E-state index >= 15 is 0 Å². The van der Waals surface area contributed by atoms with Crippen molar-refractivity contribution >= 4 is 11.6 Å². The molecule has 0 saturated heterocycles. The van der Waals surface area contributed by atoms with Gasteiger partial charge in [-0.1, -0.05) is 19.1 Å². The molecular weight excluding hydrogens is 280 g/mol. The second-order valence-corrected chi connectivity index (χ2v) is 4.78. The number of amides is 1. The molecule has 2 rings (SSSR count).